The van der Waals surface area contributed by atoms with Crippen LogP contribution in [0.1, 0.15) is 183 Å². The maximum Gasteiger partial charge on any atom is 0.419 e. The van der Waals surface area contributed by atoms with Crippen molar-refractivity contribution in [3.05, 3.63) is 362 Å². The summed E-state index contributed by atoms with van der Waals surface area (Å²) >= 11 is 0. The number of hydrogen-bond acceptors (Lipinski definition) is 24. The summed E-state index contributed by atoms with van der Waals surface area (Å²) in [4.78, 5) is 124. The lowest BCUT2D eigenvalue weighted by Crippen LogP contribution is -2.32. The smallest absolute Gasteiger partial charge is 0.419 e. The quantitative estimate of drug-likeness (QED) is 0.00548. The van der Waals surface area contributed by atoms with Crippen LogP contribution in [0.25, 0.3) is 11.1 Å². The number of alkyl halides is 6. The number of benzene rings is 4. The van der Waals surface area contributed by atoms with E-state index in [0.29, 0.717) is 64.2 Å². The zero-order valence-electron chi connectivity index (χ0n) is 74.3. The van der Waals surface area contributed by atoms with Crippen LogP contribution in [0.5, 0.6) is 0 Å². The number of esters is 3. The van der Waals surface area contributed by atoms with Crippen molar-refractivity contribution in [3.8, 4) is 0 Å². The highest BCUT2D eigenvalue weighted by Crippen LogP contribution is 2.35. The summed E-state index contributed by atoms with van der Waals surface area (Å²) in [6.45, 7) is 18.2. The molecule has 0 radical (unpaired) electrons. The number of allylic oxidation sites excluding steroid dienone is 4. The number of carboxylic acid groups (broad SMARTS) is 1. The highest BCUT2D eigenvalue weighted by molar-refractivity contribution is 6.14. The minimum absolute atomic E-state index is 0.0214. The fraction of sp³-hybridized carbons (Fsp3) is 0.287. The van der Waals surface area contributed by atoms with Crippen molar-refractivity contribution in [2.75, 3.05) is 26.9 Å². The number of nitrogens with one attached hydrogen (secondary N) is 2. The fourth-order valence-corrected chi connectivity index (χ4v) is 11.7. The van der Waals surface area contributed by atoms with Crippen LogP contribution in [0.4, 0.5) is 48.7 Å². The molecule has 134 heavy (non-hydrogen) atoms. The number of nitrogens with zero attached hydrogens (tertiary/aromatic N) is 9. The van der Waals surface area contributed by atoms with Gasteiger partial charge in [0.2, 0.25) is 0 Å². The number of amides is 2. The molecule has 1 unspecified atom stereocenters. The van der Waals surface area contributed by atoms with Gasteiger partial charge in [0.25, 0.3) is 34.4 Å². The fourth-order valence-electron chi connectivity index (χ4n) is 11.7. The number of rotatable bonds is 24. The third-order valence-electron chi connectivity index (χ3n) is 18.5. The van der Waals surface area contributed by atoms with Crippen molar-refractivity contribution in [2.45, 2.75) is 152 Å². The van der Waals surface area contributed by atoms with E-state index in [4.69, 9.17) is 43.9 Å². The number of aromatic carboxylic acids is 1. The van der Waals surface area contributed by atoms with Crippen LogP contribution in [-0.2, 0) is 97.7 Å². The second-order valence-corrected chi connectivity index (χ2v) is 29.6. The van der Waals surface area contributed by atoms with Gasteiger partial charge >= 0.3 is 42.3 Å². The average Bonchev–Trinajstić information content (AvgIpc) is 1.68. The largest absolute Gasteiger partial charge is 0.504 e. The van der Waals surface area contributed by atoms with E-state index in [1.54, 1.807) is 117 Å². The van der Waals surface area contributed by atoms with Gasteiger partial charge in [0.15, 0.2) is 11.6 Å². The Morgan fingerprint density at radius 1 is 0.552 bits per heavy atom. The number of methoxy groups -OCH3 is 1. The number of aliphatic hydroxyl groups excluding tert-OH is 1. The predicted octanol–water partition coefficient (Wildman–Crippen LogP) is 15.1. The Balaban J connectivity index is 0.000000224. The maximum absolute atomic E-state index is 13.9. The Morgan fingerprint density at radius 3 is 1.36 bits per heavy atom. The Morgan fingerprint density at radius 2 is 0.955 bits per heavy atom. The van der Waals surface area contributed by atoms with Crippen LogP contribution in [0.2, 0.25) is 0 Å². The second-order valence-electron chi connectivity index (χ2n) is 29.6. The molecule has 0 saturated heterocycles. The van der Waals surface area contributed by atoms with Gasteiger partial charge in [-0.1, -0.05) is 77.9 Å². The Hall–Kier alpha value is -15.1. The van der Waals surface area contributed by atoms with Crippen molar-refractivity contribution in [2.24, 2.45) is 5.73 Å². The maximum atomic E-state index is 13.9. The van der Waals surface area contributed by atoms with Crippen molar-refractivity contribution >= 4 is 47.0 Å². The van der Waals surface area contributed by atoms with Gasteiger partial charge in [-0.15, -0.1) is 0 Å². The van der Waals surface area contributed by atoms with Gasteiger partial charge in [-0.3, -0.25) is 29.1 Å². The number of aromatic nitrogens is 9. The van der Waals surface area contributed by atoms with Gasteiger partial charge in [0.05, 0.1) is 94.5 Å². The average molecular weight is 1870 g/mol. The molecule has 710 valence electrons. The van der Waals surface area contributed by atoms with E-state index in [-0.39, 0.29) is 116 Å². The summed E-state index contributed by atoms with van der Waals surface area (Å²) in [5.41, 5.74) is 7.70. The van der Waals surface area contributed by atoms with Gasteiger partial charge in [-0.05, 0) is 199 Å². The van der Waals surface area contributed by atoms with E-state index in [1.165, 1.54) is 89.5 Å². The number of pyridine rings is 5. The first-order valence-electron chi connectivity index (χ1n) is 41.0. The molecule has 7 aromatic heterocycles. The number of aryl methyl sites for hydroxylation is 2. The first-order chi connectivity index (χ1) is 63.5. The summed E-state index contributed by atoms with van der Waals surface area (Å²) in [6.07, 6.45) is 7.97. The molecule has 11 aromatic rings. The summed E-state index contributed by atoms with van der Waals surface area (Å²) in [7, 11) is 1.46. The van der Waals surface area contributed by atoms with E-state index >= 15 is 0 Å². The zero-order chi connectivity index (χ0) is 98.7. The molecule has 1 atom stereocenters. The minimum Gasteiger partial charge on any atom is -0.504 e. The van der Waals surface area contributed by atoms with Gasteiger partial charge in [-0.2, -0.15) is 36.3 Å². The third-order valence-corrected chi connectivity index (χ3v) is 18.5. The highest BCUT2D eigenvalue weighted by Gasteiger charge is 2.36. The number of carbonyl (C=O) groups excluding carboxylic acids is 5. The van der Waals surface area contributed by atoms with E-state index in [9.17, 15) is 87.1 Å². The van der Waals surface area contributed by atoms with Gasteiger partial charge in [0, 0.05) is 72.6 Å². The summed E-state index contributed by atoms with van der Waals surface area (Å²) in [5.74, 6) is -6.14. The second kappa shape index (κ2) is 50.3. The van der Waals surface area contributed by atoms with Gasteiger partial charge in [-0.25, -0.2) is 41.5 Å². The van der Waals surface area contributed by atoms with Crippen molar-refractivity contribution in [1.29, 1.82) is 0 Å². The number of aliphatic hydroxyl groups is 1. The lowest BCUT2D eigenvalue weighted by Gasteiger charge is -2.19. The lowest BCUT2D eigenvalue weighted by molar-refractivity contribution is -0.147. The molecule has 0 spiro atoms. The zero-order valence-corrected chi connectivity index (χ0v) is 74.3. The first kappa shape index (κ1) is 106. The number of alkyl carbamates (subject to hydrolysis) is 1. The molecule has 0 fully saturated rings. The molecule has 30 nitrogen and oxygen atoms in total. The Bertz CT molecular complexity index is 6230. The van der Waals surface area contributed by atoms with Gasteiger partial charge < -0.3 is 73.0 Å². The van der Waals surface area contributed by atoms with E-state index in [1.807, 2.05) is 37.3 Å². The number of nitrogens with two attached hydrogens (primary N) is 1. The van der Waals surface area contributed by atoms with Gasteiger partial charge in [0.1, 0.15) is 51.1 Å². The molecule has 2 amide bonds. The number of carboxylic acids is 1. The molecule has 13 rings (SSSR count). The van der Waals surface area contributed by atoms with Crippen molar-refractivity contribution < 1.29 is 116 Å². The molecule has 6 N–H and O–H groups in total. The molecule has 2 aliphatic rings. The van der Waals surface area contributed by atoms with Crippen LogP contribution >= 0.6 is 0 Å². The number of fused-ring (bicyclic) bond motifs is 2. The first-order valence-corrected chi connectivity index (χ1v) is 41.0. The molecule has 2 aliphatic carbocycles. The predicted molar refractivity (Wildman–Crippen MR) is 468 cm³/mol. The van der Waals surface area contributed by atoms with E-state index in [2.05, 4.69) is 45.6 Å². The molecular weight excluding hydrogens is 1780 g/mol. The normalized spacial score (nSPS) is 11.8. The van der Waals surface area contributed by atoms with Crippen LogP contribution in [-0.4, -0.2) is 129 Å². The molecule has 0 aliphatic heterocycles. The number of halogens is 10. The molecular formula is C94H96F10N12O18. The molecule has 40 heteroatoms. The van der Waals surface area contributed by atoms with Crippen molar-refractivity contribution in [1.82, 2.24) is 54.6 Å². The molecule has 0 bridgehead atoms. The SMILES string of the molecule is CC(C)(C)OC(=O)NCc1noc(C2=CCc3ncccc32)n1.CCC(C)O.CCOC(=O)C(=C/C=C/OC)C(=O)OCC.CCOC(=O)c1cccn(Cc2ccc(C)c(F)c2)c1=O.Cc1ccc(Cn2cccc(C(=O)O)c2=O)cc1F.NCc1ccc(C(F)(F)F)c(F)c1.O=C(NCc1noc(C2=CCc3ncccc32)n1)c1cccn(Cc2ccc(C(F)(F)F)c(F)c2)c1=O. The highest BCUT2D eigenvalue weighted by atomic mass is 19.4. The molecule has 7 heterocycles. The number of carbonyl (C=O) groups is 6. The Kier molecular flexibility index (Phi) is 39.8. The monoisotopic (exact) mass is 1870 g/mol. The summed E-state index contributed by atoms with van der Waals surface area (Å²) in [5, 5.41) is 30.1. The summed E-state index contributed by atoms with van der Waals surface area (Å²) in [6, 6.07) is 30.5. The van der Waals surface area contributed by atoms with Crippen molar-refractivity contribution in [3.63, 3.8) is 0 Å². The van der Waals surface area contributed by atoms with Crippen LogP contribution in [0.15, 0.2) is 224 Å². The molecule has 4 aromatic carbocycles. The minimum atomic E-state index is -4.83. The number of hydrogen-bond donors (Lipinski definition) is 5. The van der Waals surface area contributed by atoms with Crippen LogP contribution in [0.3, 0.4) is 0 Å². The third kappa shape index (κ3) is 31.9. The lowest BCUT2D eigenvalue weighted by atomic mass is 10.1. The topological polar surface area (TPSA) is 409 Å². The standard InChI is InChI=1S/C25H17F4N5O3.C16H16FNO3.C16H18N4O3.C14H12FNO3.C11H16O5.C8H7F4N.C4H10O/c26-19-11-14(5-7-18(19)25(27,28)29)13-34-10-2-4-17(24(34)36)22(35)31-12-21-32-23(37-33-21)16-6-8-20-15(16)3-1-9-30-20;1-3-21-16(20)13-5-4-8-18(15(13)19)10-12-7-6-11(2)14(17)9-12;1-16(2,3)22-15(21)18-9-13-19-14(23-20-13)11-6-7-12-10(11)5-4-8-17-12;1-9-4-5-10(7-12(9)15)8-16-6-2-3-11(13(16)17)14(18)19;1-4-15-10(12)9(7-6-8-14-3)11(13)16-5-2;9-7-3-5(4-13)1-2-6(7)8(10,11)12;1-3-4(2)5/h1-7,9-11H,8,12-13H2,(H,31,35);4-9H,3,10H2,1-2H3;4-6,8H,7,9H2,1-3H3,(H,18,21);2-7H,8H2,1H3,(H,18,19);6-8H,4-5H2,1-3H3;1-3H,4,13H2;4-5H,3H2,1-2H3/b;;;;8-6+;;. The van der Waals surface area contributed by atoms with E-state index < -0.39 is 93.3 Å². The van der Waals surface area contributed by atoms with E-state index in [0.717, 1.165) is 69.3 Å². The summed E-state index contributed by atoms with van der Waals surface area (Å²) < 4.78 is 166. The van der Waals surface area contributed by atoms with Crippen LogP contribution < -0.4 is 33.0 Å². The van der Waals surface area contributed by atoms with Crippen LogP contribution in [0, 0.1) is 37.1 Å². The molecule has 0 saturated carbocycles. The Labute approximate surface area is 760 Å². The number of ether oxygens (including phenoxy) is 5.